The van der Waals surface area contributed by atoms with Gasteiger partial charge in [0.05, 0.1) is 5.92 Å². The summed E-state index contributed by atoms with van der Waals surface area (Å²) in [6.07, 6.45) is 1.06. The summed E-state index contributed by atoms with van der Waals surface area (Å²) in [6, 6.07) is 23.0. The molecule has 1 aliphatic rings. The lowest BCUT2D eigenvalue weighted by Crippen LogP contribution is -2.28. The van der Waals surface area contributed by atoms with Gasteiger partial charge in [0.2, 0.25) is 11.8 Å². The van der Waals surface area contributed by atoms with E-state index in [1.165, 1.54) is 5.56 Å². The largest absolute Gasteiger partial charge is 0.457 e. The van der Waals surface area contributed by atoms with Crippen molar-refractivity contribution in [3.05, 3.63) is 83.9 Å². The highest BCUT2D eigenvalue weighted by Gasteiger charge is 2.35. The summed E-state index contributed by atoms with van der Waals surface area (Å²) in [7, 11) is 0. The molecule has 31 heavy (non-hydrogen) atoms. The van der Waals surface area contributed by atoms with Crippen LogP contribution in [-0.2, 0) is 16.0 Å². The van der Waals surface area contributed by atoms with E-state index in [-0.39, 0.29) is 24.2 Å². The number of anilines is 2. The van der Waals surface area contributed by atoms with Crippen molar-refractivity contribution in [2.45, 2.75) is 26.7 Å². The SMILES string of the molecule is CCc1ccccc1N1C[C@H](C(=O)Nc2ccc(Oc3ccc(C)cc3)cc2)CC1=O. The fraction of sp³-hybridized carbons (Fsp3) is 0.231. The molecule has 1 N–H and O–H groups in total. The zero-order valence-corrected chi connectivity index (χ0v) is 17.8. The van der Waals surface area contributed by atoms with Crippen LogP contribution in [0.4, 0.5) is 11.4 Å². The molecule has 5 nitrogen and oxygen atoms in total. The molecule has 0 saturated carbocycles. The lowest BCUT2D eigenvalue weighted by atomic mass is 10.1. The molecule has 5 heteroatoms. The fourth-order valence-corrected chi connectivity index (χ4v) is 3.78. The number of nitrogens with zero attached hydrogens (tertiary/aromatic N) is 1. The number of carbonyl (C=O) groups excluding carboxylic acids is 2. The van der Waals surface area contributed by atoms with Gasteiger partial charge in [-0.2, -0.15) is 0 Å². The highest BCUT2D eigenvalue weighted by molar-refractivity contribution is 6.03. The van der Waals surface area contributed by atoms with Crippen molar-refractivity contribution in [2.24, 2.45) is 5.92 Å². The van der Waals surface area contributed by atoms with Crippen molar-refractivity contribution in [3.63, 3.8) is 0 Å². The molecule has 0 aromatic heterocycles. The summed E-state index contributed by atoms with van der Waals surface area (Å²) in [5.41, 5.74) is 3.87. The Balaban J connectivity index is 1.38. The summed E-state index contributed by atoms with van der Waals surface area (Å²) in [5, 5.41) is 2.93. The number of benzene rings is 3. The van der Waals surface area contributed by atoms with Crippen LogP contribution in [-0.4, -0.2) is 18.4 Å². The monoisotopic (exact) mass is 414 g/mol. The van der Waals surface area contributed by atoms with Gasteiger partial charge in [-0.15, -0.1) is 0 Å². The standard InChI is InChI=1S/C26H26N2O3/c1-3-19-6-4-5-7-24(19)28-17-20(16-25(28)29)26(30)27-21-10-14-23(15-11-21)31-22-12-8-18(2)9-13-22/h4-15,20H,3,16-17H2,1-2H3,(H,27,30)/t20-/m1/s1. The number of carbonyl (C=O) groups is 2. The molecule has 3 aromatic rings. The first-order chi connectivity index (χ1) is 15.0. The summed E-state index contributed by atoms with van der Waals surface area (Å²) in [6.45, 7) is 4.49. The van der Waals surface area contributed by atoms with Crippen LogP contribution < -0.4 is 15.0 Å². The number of nitrogens with one attached hydrogen (secondary N) is 1. The minimum atomic E-state index is -0.374. The van der Waals surface area contributed by atoms with Crippen molar-refractivity contribution in [2.75, 3.05) is 16.8 Å². The van der Waals surface area contributed by atoms with E-state index in [1.54, 1.807) is 4.90 Å². The van der Waals surface area contributed by atoms with Crippen LogP contribution in [0.1, 0.15) is 24.5 Å². The Labute approximate surface area is 182 Å². The fourth-order valence-electron chi connectivity index (χ4n) is 3.78. The molecule has 0 aliphatic carbocycles. The van der Waals surface area contributed by atoms with E-state index in [0.717, 1.165) is 23.4 Å². The molecule has 1 fully saturated rings. The smallest absolute Gasteiger partial charge is 0.229 e. The average molecular weight is 415 g/mol. The van der Waals surface area contributed by atoms with Crippen molar-refractivity contribution < 1.29 is 14.3 Å². The van der Waals surface area contributed by atoms with E-state index in [9.17, 15) is 9.59 Å². The Bertz CT molecular complexity index is 1070. The number of para-hydroxylation sites is 1. The molecule has 1 aliphatic heterocycles. The van der Waals surface area contributed by atoms with Gasteiger partial charge in [-0.3, -0.25) is 9.59 Å². The molecule has 2 amide bonds. The molecule has 1 atom stereocenters. The third kappa shape index (κ3) is 4.77. The van der Waals surface area contributed by atoms with Gasteiger partial charge in [0.1, 0.15) is 11.5 Å². The molecular weight excluding hydrogens is 388 g/mol. The zero-order valence-electron chi connectivity index (χ0n) is 17.8. The van der Waals surface area contributed by atoms with E-state index in [4.69, 9.17) is 4.74 Å². The van der Waals surface area contributed by atoms with Crippen molar-refractivity contribution >= 4 is 23.2 Å². The van der Waals surface area contributed by atoms with E-state index < -0.39 is 0 Å². The van der Waals surface area contributed by atoms with Crippen molar-refractivity contribution in [1.29, 1.82) is 0 Å². The van der Waals surface area contributed by atoms with Gasteiger partial charge in [-0.25, -0.2) is 0 Å². The Morgan fingerprint density at radius 3 is 2.32 bits per heavy atom. The zero-order chi connectivity index (χ0) is 21.8. The molecule has 1 heterocycles. The molecule has 4 rings (SSSR count). The topological polar surface area (TPSA) is 58.6 Å². The van der Waals surface area contributed by atoms with Gasteiger partial charge < -0.3 is 15.0 Å². The van der Waals surface area contributed by atoms with Crippen LogP contribution >= 0.6 is 0 Å². The van der Waals surface area contributed by atoms with E-state index in [2.05, 4.69) is 12.2 Å². The van der Waals surface area contributed by atoms with Gasteiger partial charge in [0.15, 0.2) is 0 Å². The van der Waals surface area contributed by atoms with Gasteiger partial charge >= 0.3 is 0 Å². The Hall–Kier alpha value is -3.60. The minimum Gasteiger partial charge on any atom is -0.457 e. The number of rotatable bonds is 6. The number of aryl methyl sites for hydroxylation is 2. The summed E-state index contributed by atoms with van der Waals surface area (Å²) >= 11 is 0. The van der Waals surface area contributed by atoms with Crippen LogP contribution in [0.3, 0.4) is 0 Å². The molecule has 0 bridgehead atoms. The predicted octanol–water partition coefficient (Wildman–Crippen LogP) is 5.34. The van der Waals surface area contributed by atoms with Crippen LogP contribution in [0.5, 0.6) is 11.5 Å². The summed E-state index contributed by atoms with van der Waals surface area (Å²) < 4.78 is 5.83. The molecule has 0 unspecified atom stereocenters. The summed E-state index contributed by atoms with van der Waals surface area (Å²) in [5.74, 6) is 0.931. The second kappa shape index (κ2) is 9.04. The summed E-state index contributed by atoms with van der Waals surface area (Å²) in [4.78, 5) is 27.1. The van der Waals surface area contributed by atoms with E-state index in [0.29, 0.717) is 18.0 Å². The van der Waals surface area contributed by atoms with E-state index in [1.807, 2.05) is 79.7 Å². The third-order valence-corrected chi connectivity index (χ3v) is 5.54. The lowest BCUT2D eigenvalue weighted by Gasteiger charge is -2.20. The number of hydrogen-bond acceptors (Lipinski definition) is 3. The number of amides is 2. The highest BCUT2D eigenvalue weighted by atomic mass is 16.5. The molecule has 0 spiro atoms. The molecule has 158 valence electrons. The molecule has 3 aromatic carbocycles. The first-order valence-corrected chi connectivity index (χ1v) is 10.6. The maximum Gasteiger partial charge on any atom is 0.229 e. The average Bonchev–Trinajstić information content (AvgIpc) is 3.18. The Morgan fingerprint density at radius 1 is 1.00 bits per heavy atom. The first kappa shape index (κ1) is 20.7. The van der Waals surface area contributed by atoms with Crippen LogP contribution in [0.2, 0.25) is 0 Å². The normalized spacial score (nSPS) is 15.7. The number of ether oxygens (including phenoxy) is 1. The van der Waals surface area contributed by atoms with Crippen LogP contribution in [0, 0.1) is 12.8 Å². The van der Waals surface area contributed by atoms with Crippen LogP contribution in [0.15, 0.2) is 72.8 Å². The molecule has 1 saturated heterocycles. The minimum absolute atomic E-state index is 0.0112. The lowest BCUT2D eigenvalue weighted by molar-refractivity contribution is -0.122. The Morgan fingerprint density at radius 2 is 1.65 bits per heavy atom. The van der Waals surface area contributed by atoms with Crippen molar-refractivity contribution in [1.82, 2.24) is 0 Å². The van der Waals surface area contributed by atoms with Gasteiger partial charge in [-0.1, -0.05) is 42.8 Å². The Kier molecular flexibility index (Phi) is 6.03. The molecular formula is C26H26N2O3. The first-order valence-electron chi connectivity index (χ1n) is 10.6. The molecule has 0 radical (unpaired) electrons. The third-order valence-electron chi connectivity index (χ3n) is 5.54. The van der Waals surface area contributed by atoms with Gasteiger partial charge in [-0.05, 0) is 61.4 Å². The highest BCUT2D eigenvalue weighted by Crippen LogP contribution is 2.29. The van der Waals surface area contributed by atoms with Gasteiger partial charge in [0, 0.05) is 24.3 Å². The van der Waals surface area contributed by atoms with Gasteiger partial charge in [0.25, 0.3) is 0 Å². The number of hydrogen-bond donors (Lipinski definition) is 1. The predicted molar refractivity (Wildman–Crippen MR) is 123 cm³/mol. The van der Waals surface area contributed by atoms with Crippen molar-refractivity contribution in [3.8, 4) is 11.5 Å². The second-order valence-corrected chi connectivity index (χ2v) is 7.82. The second-order valence-electron chi connectivity index (χ2n) is 7.82. The van der Waals surface area contributed by atoms with E-state index >= 15 is 0 Å². The maximum atomic E-state index is 12.8. The van der Waals surface area contributed by atoms with Crippen LogP contribution in [0.25, 0.3) is 0 Å². The quantitative estimate of drug-likeness (QED) is 0.592. The maximum absolute atomic E-state index is 12.8.